The topological polar surface area (TPSA) is 22.1 Å². The van der Waals surface area contributed by atoms with Gasteiger partial charge in [0.2, 0.25) is 0 Å². The van der Waals surface area contributed by atoms with E-state index < -0.39 is 0 Å². The van der Waals surface area contributed by atoms with E-state index in [4.69, 9.17) is 4.74 Å². The molecule has 1 aromatic rings. The second-order valence-electron chi connectivity index (χ2n) is 4.78. The van der Waals surface area contributed by atoms with Crippen LogP contribution in [-0.4, -0.2) is 11.6 Å². The minimum Gasteiger partial charge on any atom is -0.492 e. The molecular formula is C14H21NO. The summed E-state index contributed by atoms with van der Waals surface area (Å²) in [4.78, 5) is 4.22. The molecule has 0 unspecified atom stereocenters. The number of aryl methyl sites for hydroxylation is 1. The molecule has 16 heavy (non-hydrogen) atoms. The first kappa shape index (κ1) is 11.4. The third-order valence-electron chi connectivity index (χ3n) is 3.40. The molecule has 0 amide bonds. The Balaban J connectivity index is 1.69. The summed E-state index contributed by atoms with van der Waals surface area (Å²) in [6, 6.07) is 4.00. The summed E-state index contributed by atoms with van der Waals surface area (Å²) in [6.07, 6.45) is 10.1. The van der Waals surface area contributed by atoms with Crippen molar-refractivity contribution in [2.75, 3.05) is 6.61 Å². The van der Waals surface area contributed by atoms with Crippen molar-refractivity contribution in [2.45, 2.75) is 45.4 Å². The Bertz CT molecular complexity index is 301. The Hall–Kier alpha value is -1.05. The van der Waals surface area contributed by atoms with Gasteiger partial charge in [-0.05, 0) is 31.4 Å². The van der Waals surface area contributed by atoms with E-state index in [1.807, 2.05) is 25.3 Å². The minimum atomic E-state index is 0.843. The molecule has 0 N–H and O–H groups in total. The second-order valence-corrected chi connectivity index (χ2v) is 4.78. The van der Waals surface area contributed by atoms with Gasteiger partial charge < -0.3 is 4.74 Å². The minimum absolute atomic E-state index is 0.843. The lowest BCUT2D eigenvalue weighted by atomic mass is 9.87. The molecule has 2 rings (SSSR count). The average molecular weight is 219 g/mol. The number of hydrogen-bond acceptors (Lipinski definition) is 2. The van der Waals surface area contributed by atoms with Crippen LogP contribution in [0.5, 0.6) is 5.75 Å². The predicted molar refractivity (Wildman–Crippen MR) is 65.7 cm³/mol. The van der Waals surface area contributed by atoms with Crippen LogP contribution < -0.4 is 4.74 Å². The van der Waals surface area contributed by atoms with Crippen LogP contribution >= 0.6 is 0 Å². The molecule has 2 nitrogen and oxygen atoms in total. The molecule has 0 spiro atoms. The highest BCUT2D eigenvalue weighted by atomic mass is 16.5. The van der Waals surface area contributed by atoms with E-state index in [0.717, 1.165) is 24.0 Å². The Morgan fingerprint density at radius 1 is 1.25 bits per heavy atom. The average Bonchev–Trinajstić information content (AvgIpc) is 2.33. The zero-order chi connectivity index (χ0) is 11.2. The summed E-state index contributed by atoms with van der Waals surface area (Å²) in [5.41, 5.74) is 1.04. The molecular weight excluding hydrogens is 198 g/mol. The number of ether oxygens (including phenoxy) is 1. The van der Waals surface area contributed by atoms with Gasteiger partial charge in [-0.3, -0.25) is 4.98 Å². The van der Waals surface area contributed by atoms with Crippen molar-refractivity contribution in [1.82, 2.24) is 4.98 Å². The van der Waals surface area contributed by atoms with Gasteiger partial charge >= 0.3 is 0 Å². The summed E-state index contributed by atoms with van der Waals surface area (Å²) >= 11 is 0. The van der Waals surface area contributed by atoms with Crippen molar-refractivity contribution in [1.29, 1.82) is 0 Å². The van der Waals surface area contributed by atoms with Gasteiger partial charge in [-0.2, -0.15) is 0 Å². The number of nitrogens with zero attached hydrogens (tertiary/aromatic N) is 1. The van der Waals surface area contributed by atoms with Crippen molar-refractivity contribution < 1.29 is 4.74 Å². The van der Waals surface area contributed by atoms with Crippen LogP contribution in [0.1, 0.15) is 44.2 Å². The predicted octanol–water partition coefficient (Wildman–Crippen LogP) is 3.74. The first-order chi connectivity index (χ1) is 7.84. The van der Waals surface area contributed by atoms with Crippen molar-refractivity contribution >= 4 is 0 Å². The zero-order valence-corrected chi connectivity index (χ0v) is 10.1. The van der Waals surface area contributed by atoms with E-state index in [0.29, 0.717) is 0 Å². The molecule has 0 radical (unpaired) electrons. The molecule has 1 aliphatic carbocycles. The van der Waals surface area contributed by atoms with Gasteiger partial charge in [0.15, 0.2) is 0 Å². The summed E-state index contributed by atoms with van der Waals surface area (Å²) in [5.74, 6) is 1.80. The van der Waals surface area contributed by atoms with Crippen LogP contribution in [0.2, 0.25) is 0 Å². The molecule has 1 aromatic heterocycles. The Labute approximate surface area is 98.0 Å². The first-order valence-corrected chi connectivity index (χ1v) is 6.40. The summed E-state index contributed by atoms with van der Waals surface area (Å²) in [6.45, 7) is 2.83. The monoisotopic (exact) mass is 219 g/mol. The maximum atomic E-state index is 5.70. The highest BCUT2D eigenvalue weighted by Crippen LogP contribution is 2.26. The van der Waals surface area contributed by atoms with Crippen LogP contribution in [0.3, 0.4) is 0 Å². The number of pyridine rings is 1. The van der Waals surface area contributed by atoms with Gasteiger partial charge in [0.1, 0.15) is 5.75 Å². The molecule has 1 aliphatic rings. The standard InChI is InChI=1S/C14H21NO/c1-12-7-8-14(11-15-12)16-10-9-13-5-3-2-4-6-13/h7-8,11,13H,2-6,9-10H2,1H3. The number of hydrogen-bond donors (Lipinski definition) is 0. The fourth-order valence-corrected chi connectivity index (χ4v) is 2.36. The first-order valence-electron chi connectivity index (χ1n) is 6.40. The summed E-state index contributed by atoms with van der Waals surface area (Å²) in [5, 5.41) is 0. The normalized spacial score (nSPS) is 17.3. The van der Waals surface area contributed by atoms with Crippen LogP contribution in [0, 0.1) is 12.8 Å². The lowest BCUT2D eigenvalue weighted by Gasteiger charge is -2.21. The quantitative estimate of drug-likeness (QED) is 0.769. The van der Waals surface area contributed by atoms with Crippen LogP contribution in [0.25, 0.3) is 0 Å². The molecule has 0 aliphatic heterocycles. The number of aromatic nitrogens is 1. The van der Waals surface area contributed by atoms with Gasteiger partial charge in [0.25, 0.3) is 0 Å². The SMILES string of the molecule is Cc1ccc(OCCC2CCCCC2)cn1. The molecule has 0 bridgehead atoms. The van der Waals surface area contributed by atoms with Crippen LogP contribution in [0.4, 0.5) is 0 Å². The van der Waals surface area contributed by atoms with Crippen molar-refractivity contribution in [3.8, 4) is 5.75 Å². The molecule has 1 saturated carbocycles. The van der Waals surface area contributed by atoms with E-state index in [2.05, 4.69) is 4.98 Å². The summed E-state index contributed by atoms with van der Waals surface area (Å²) < 4.78 is 5.70. The van der Waals surface area contributed by atoms with Gasteiger partial charge in [-0.1, -0.05) is 32.1 Å². The maximum absolute atomic E-state index is 5.70. The third-order valence-corrected chi connectivity index (χ3v) is 3.40. The van der Waals surface area contributed by atoms with Crippen molar-refractivity contribution in [3.63, 3.8) is 0 Å². The molecule has 0 aromatic carbocycles. The molecule has 1 fully saturated rings. The fourth-order valence-electron chi connectivity index (χ4n) is 2.36. The van der Waals surface area contributed by atoms with Gasteiger partial charge in [0.05, 0.1) is 12.8 Å². The van der Waals surface area contributed by atoms with E-state index in [9.17, 15) is 0 Å². The third kappa shape index (κ3) is 3.51. The molecule has 88 valence electrons. The van der Waals surface area contributed by atoms with Gasteiger partial charge in [-0.25, -0.2) is 0 Å². The van der Waals surface area contributed by atoms with Crippen LogP contribution in [-0.2, 0) is 0 Å². The lowest BCUT2D eigenvalue weighted by Crippen LogP contribution is -2.10. The highest BCUT2D eigenvalue weighted by Gasteiger charge is 2.12. The fraction of sp³-hybridized carbons (Fsp3) is 0.643. The van der Waals surface area contributed by atoms with Gasteiger partial charge in [0, 0.05) is 5.69 Å². The second kappa shape index (κ2) is 5.88. The van der Waals surface area contributed by atoms with Gasteiger partial charge in [-0.15, -0.1) is 0 Å². The Morgan fingerprint density at radius 2 is 2.06 bits per heavy atom. The molecule has 1 heterocycles. The highest BCUT2D eigenvalue weighted by molar-refractivity contribution is 5.18. The molecule has 0 atom stereocenters. The Kier molecular flexibility index (Phi) is 4.20. The lowest BCUT2D eigenvalue weighted by molar-refractivity contribution is 0.245. The van der Waals surface area contributed by atoms with E-state index in [1.54, 1.807) is 0 Å². The molecule has 2 heteroatoms. The maximum Gasteiger partial charge on any atom is 0.137 e. The van der Waals surface area contributed by atoms with Crippen molar-refractivity contribution in [2.24, 2.45) is 5.92 Å². The van der Waals surface area contributed by atoms with E-state index in [-0.39, 0.29) is 0 Å². The smallest absolute Gasteiger partial charge is 0.137 e. The van der Waals surface area contributed by atoms with E-state index in [1.165, 1.54) is 38.5 Å². The Morgan fingerprint density at radius 3 is 2.75 bits per heavy atom. The summed E-state index contributed by atoms with van der Waals surface area (Å²) in [7, 11) is 0. The van der Waals surface area contributed by atoms with Crippen molar-refractivity contribution in [3.05, 3.63) is 24.0 Å². The largest absolute Gasteiger partial charge is 0.492 e. The van der Waals surface area contributed by atoms with E-state index >= 15 is 0 Å². The zero-order valence-electron chi connectivity index (χ0n) is 10.1. The van der Waals surface area contributed by atoms with Crippen LogP contribution in [0.15, 0.2) is 18.3 Å². The molecule has 0 saturated heterocycles. The number of rotatable bonds is 4.